The maximum absolute atomic E-state index is 12.9. The van der Waals surface area contributed by atoms with Crippen molar-refractivity contribution >= 4 is 29.2 Å². The van der Waals surface area contributed by atoms with Gasteiger partial charge in [-0.25, -0.2) is 19.7 Å². The van der Waals surface area contributed by atoms with Gasteiger partial charge in [-0.05, 0) is 49.2 Å². The molecule has 196 valence electrons. The molecule has 1 N–H and O–H groups in total. The standard InChI is InChI=1S/C28H30N6O4/c1-4-13-38-27(36)23-16-22(9-10-24(23)34-11-14-37-15-12-34)31-28-30-17-19(2)25(32-28)20-5-7-21(8-6-20)26(35)33(3)18-29/h5-10,16-17H,4,11-15H2,1-3H3,(H,30,31,32). The summed E-state index contributed by atoms with van der Waals surface area (Å²) in [5, 5.41) is 12.2. The van der Waals surface area contributed by atoms with Crippen LogP contribution in [-0.4, -0.2) is 66.7 Å². The van der Waals surface area contributed by atoms with E-state index in [0.29, 0.717) is 61.4 Å². The van der Waals surface area contributed by atoms with Gasteiger partial charge in [0.05, 0.1) is 36.8 Å². The molecule has 38 heavy (non-hydrogen) atoms. The molecule has 1 saturated heterocycles. The van der Waals surface area contributed by atoms with Crippen LogP contribution in [0.25, 0.3) is 11.3 Å². The third-order valence-electron chi connectivity index (χ3n) is 6.09. The Morgan fingerprint density at radius 2 is 1.92 bits per heavy atom. The second kappa shape index (κ2) is 12.2. The van der Waals surface area contributed by atoms with Crippen LogP contribution < -0.4 is 10.2 Å². The van der Waals surface area contributed by atoms with Gasteiger partial charge in [0.25, 0.3) is 5.91 Å². The van der Waals surface area contributed by atoms with E-state index in [-0.39, 0.29) is 11.9 Å². The summed E-state index contributed by atoms with van der Waals surface area (Å²) >= 11 is 0. The third kappa shape index (κ3) is 6.07. The van der Waals surface area contributed by atoms with E-state index in [2.05, 4.69) is 20.2 Å². The highest BCUT2D eigenvalue weighted by atomic mass is 16.5. The molecule has 0 radical (unpaired) electrons. The van der Waals surface area contributed by atoms with Gasteiger partial charge >= 0.3 is 5.97 Å². The molecular weight excluding hydrogens is 484 g/mol. The number of benzene rings is 2. The minimum atomic E-state index is -0.380. The maximum Gasteiger partial charge on any atom is 0.340 e. The molecule has 2 aromatic carbocycles. The molecule has 10 heteroatoms. The molecule has 0 unspecified atom stereocenters. The van der Waals surface area contributed by atoms with E-state index in [4.69, 9.17) is 14.7 Å². The van der Waals surface area contributed by atoms with Crippen LogP contribution >= 0.6 is 0 Å². The minimum Gasteiger partial charge on any atom is -0.462 e. The Morgan fingerprint density at radius 1 is 1.18 bits per heavy atom. The lowest BCUT2D eigenvalue weighted by Crippen LogP contribution is -2.37. The monoisotopic (exact) mass is 514 g/mol. The number of hydrogen-bond acceptors (Lipinski definition) is 9. The van der Waals surface area contributed by atoms with E-state index in [1.165, 1.54) is 7.05 Å². The van der Waals surface area contributed by atoms with Crippen LogP contribution in [0.2, 0.25) is 0 Å². The third-order valence-corrected chi connectivity index (χ3v) is 6.09. The lowest BCUT2D eigenvalue weighted by atomic mass is 10.1. The SMILES string of the molecule is CCCOC(=O)c1cc(Nc2ncc(C)c(-c3ccc(C(=O)N(C)C#N)cc3)n2)ccc1N1CCOCC1. The number of aryl methyl sites for hydroxylation is 1. The largest absolute Gasteiger partial charge is 0.462 e. The first-order chi connectivity index (χ1) is 18.4. The molecule has 0 aliphatic carbocycles. The molecule has 10 nitrogen and oxygen atoms in total. The van der Waals surface area contributed by atoms with Crippen LogP contribution in [0.4, 0.5) is 17.3 Å². The van der Waals surface area contributed by atoms with Crippen LogP contribution in [0.3, 0.4) is 0 Å². The number of esters is 1. The van der Waals surface area contributed by atoms with E-state index >= 15 is 0 Å². The summed E-state index contributed by atoms with van der Waals surface area (Å²) in [5.41, 5.74) is 4.70. The summed E-state index contributed by atoms with van der Waals surface area (Å²) in [6.45, 7) is 6.81. The number of morpholine rings is 1. The van der Waals surface area contributed by atoms with Crippen LogP contribution in [-0.2, 0) is 9.47 Å². The van der Waals surface area contributed by atoms with Crippen LogP contribution in [0.5, 0.6) is 0 Å². The highest BCUT2D eigenvalue weighted by Gasteiger charge is 2.21. The molecule has 1 aromatic heterocycles. The van der Waals surface area contributed by atoms with E-state index in [9.17, 15) is 9.59 Å². The lowest BCUT2D eigenvalue weighted by Gasteiger charge is -2.30. The van der Waals surface area contributed by atoms with Gasteiger partial charge in [-0.1, -0.05) is 19.1 Å². The van der Waals surface area contributed by atoms with E-state index in [0.717, 1.165) is 28.1 Å². The molecule has 0 spiro atoms. The smallest absolute Gasteiger partial charge is 0.340 e. The van der Waals surface area contributed by atoms with Crippen LogP contribution in [0, 0.1) is 18.4 Å². The summed E-state index contributed by atoms with van der Waals surface area (Å²) in [6, 6.07) is 12.5. The maximum atomic E-state index is 12.9. The van der Waals surface area contributed by atoms with Crippen molar-refractivity contribution in [2.24, 2.45) is 0 Å². The number of nitrogens with zero attached hydrogens (tertiary/aromatic N) is 5. The average Bonchev–Trinajstić information content (AvgIpc) is 2.96. The van der Waals surface area contributed by atoms with Crippen molar-refractivity contribution in [1.82, 2.24) is 14.9 Å². The molecule has 1 aliphatic rings. The summed E-state index contributed by atoms with van der Waals surface area (Å²) in [5.74, 6) is -0.393. The van der Waals surface area contributed by atoms with Gasteiger partial charge in [0.2, 0.25) is 5.95 Å². The summed E-state index contributed by atoms with van der Waals surface area (Å²) in [4.78, 5) is 37.3. The number of amides is 1. The van der Waals surface area contributed by atoms with Crippen molar-refractivity contribution in [2.75, 3.05) is 50.2 Å². The second-order valence-electron chi connectivity index (χ2n) is 8.86. The molecule has 1 amide bonds. The first kappa shape index (κ1) is 26.6. The van der Waals surface area contributed by atoms with Crippen molar-refractivity contribution in [3.05, 3.63) is 65.4 Å². The Morgan fingerprint density at radius 3 is 2.61 bits per heavy atom. The first-order valence-electron chi connectivity index (χ1n) is 12.4. The Balaban J connectivity index is 1.60. The minimum absolute atomic E-state index is 0.348. The van der Waals surface area contributed by atoms with Crippen molar-refractivity contribution in [1.29, 1.82) is 5.26 Å². The first-order valence-corrected chi connectivity index (χ1v) is 12.4. The number of ether oxygens (including phenoxy) is 2. The normalized spacial score (nSPS) is 12.9. The fourth-order valence-corrected chi connectivity index (χ4v) is 4.06. The molecule has 4 rings (SSSR count). The number of nitrogens with one attached hydrogen (secondary N) is 1. The molecule has 2 heterocycles. The summed E-state index contributed by atoms with van der Waals surface area (Å²) < 4.78 is 10.9. The molecule has 3 aromatic rings. The van der Waals surface area contributed by atoms with Crippen LogP contribution in [0.15, 0.2) is 48.7 Å². The highest BCUT2D eigenvalue weighted by Crippen LogP contribution is 2.29. The van der Waals surface area contributed by atoms with Crippen molar-refractivity contribution < 1.29 is 19.1 Å². The van der Waals surface area contributed by atoms with Gasteiger partial charge < -0.3 is 19.7 Å². The molecule has 0 saturated carbocycles. The van der Waals surface area contributed by atoms with E-state index in [1.807, 2.05) is 32.2 Å². The zero-order valence-corrected chi connectivity index (χ0v) is 21.7. The summed E-state index contributed by atoms with van der Waals surface area (Å²) in [7, 11) is 1.42. The number of carbonyl (C=O) groups excluding carboxylic acids is 2. The van der Waals surface area contributed by atoms with Gasteiger partial charge in [-0.2, -0.15) is 5.26 Å². The quantitative estimate of drug-likeness (QED) is 0.268. The summed E-state index contributed by atoms with van der Waals surface area (Å²) in [6.07, 6.45) is 4.26. The van der Waals surface area contributed by atoms with Gasteiger partial charge in [-0.15, -0.1) is 0 Å². The van der Waals surface area contributed by atoms with Crippen molar-refractivity contribution in [2.45, 2.75) is 20.3 Å². The van der Waals surface area contributed by atoms with Gasteiger partial charge in [0.15, 0.2) is 6.19 Å². The Labute approximate surface area is 221 Å². The number of hydrogen-bond donors (Lipinski definition) is 1. The molecular formula is C28H30N6O4. The lowest BCUT2D eigenvalue weighted by molar-refractivity contribution is 0.0505. The fourth-order valence-electron chi connectivity index (χ4n) is 4.06. The van der Waals surface area contributed by atoms with Gasteiger partial charge in [0, 0.05) is 43.1 Å². The molecule has 0 atom stereocenters. The molecule has 0 bridgehead atoms. The van der Waals surface area contributed by atoms with Crippen molar-refractivity contribution in [3.8, 4) is 17.5 Å². The number of aromatic nitrogens is 2. The fraction of sp³-hybridized carbons (Fsp3) is 0.321. The predicted molar refractivity (Wildman–Crippen MR) is 143 cm³/mol. The number of nitriles is 1. The van der Waals surface area contributed by atoms with Crippen molar-refractivity contribution in [3.63, 3.8) is 0 Å². The Bertz CT molecular complexity index is 1350. The molecule has 1 aliphatic heterocycles. The molecule has 1 fully saturated rings. The zero-order valence-electron chi connectivity index (χ0n) is 21.7. The van der Waals surface area contributed by atoms with Gasteiger partial charge in [-0.3, -0.25) is 4.79 Å². The Kier molecular flexibility index (Phi) is 8.51. The number of carbonyl (C=O) groups is 2. The van der Waals surface area contributed by atoms with Crippen LogP contribution in [0.1, 0.15) is 39.6 Å². The van der Waals surface area contributed by atoms with Gasteiger partial charge in [0.1, 0.15) is 0 Å². The van der Waals surface area contributed by atoms with E-state index in [1.54, 1.807) is 36.5 Å². The highest BCUT2D eigenvalue weighted by molar-refractivity contribution is 5.97. The topological polar surface area (TPSA) is 121 Å². The Hall–Kier alpha value is -4.49. The number of anilines is 3. The average molecular weight is 515 g/mol. The number of rotatable bonds is 8. The predicted octanol–water partition coefficient (Wildman–Crippen LogP) is 4.15. The zero-order chi connectivity index (χ0) is 27.1. The van der Waals surface area contributed by atoms with E-state index < -0.39 is 0 Å². The second-order valence-corrected chi connectivity index (χ2v) is 8.86.